The molecule has 0 radical (unpaired) electrons. The van der Waals surface area contributed by atoms with E-state index in [0.29, 0.717) is 18.6 Å². The van der Waals surface area contributed by atoms with Crippen LogP contribution in [0, 0.1) is 0 Å². The second-order valence-electron chi connectivity index (χ2n) is 8.70. The van der Waals surface area contributed by atoms with Crippen molar-refractivity contribution in [3.05, 3.63) is 70.8 Å². The third kappa shape index (κ3) is 5.38. The first kappa shape index (κ1) is 24.5. The van der Waals surface area contributed by atoms with Crippen LogP contribution in [0.25, 0.3) is 0 Å². The number of nitrogens with one attached hydrogen (secondary N) is 1. The number of hydrogen-bond acceptors (Lipinski definition) is 3. The first-order chi connectivity index (χ1) is 16.0. The minimum absolute atomic E-state index is 0.0418. The number of piperazine rings is 1. The minimum Gasteiger partial charge on any atom is -0.338 e. The minimum atomic E-state index is -5.00. The van der Waals surface area contributed by atoms with Crippen LogP contribution in [0.1, 0.15) is 39.4 Å². The van der Waals surface area contributed by atoms with E-state index in [-0.39, 0.29) is 31.1 Å². The molecule has 4 rings (SSSR count). The van der Waals surface area contributed by atoms with Crippen molar-refractivity contribution in [3.63, 3.8) is 0 Å². The maximum atomic E-state index is 13.3. The van der Waals surface area contributed by atoms with Crippen LogP contribution in [0.2, 0.25) is 0 Å². The molecule has 0 saturated carbocycles. The summed E-state index contributed by atoms with van der Waals surface area (Å²) < 4.78 is 79.7. The summed E-state index contributed by atoms with van der Waals surface area (Å²) in [5.41, 5.74) is -2.58. The average Bonchev–Trinajstić information content (AvgIpc) is 2.83. The molecule has 2 fully saturated rings. The molecule has 10 heteroatoms. The van der Waals surface area contributed by atoms with Gasteiger partial charge in [0.2, 0.25) is 0 Å². The molecule has 2 atom stereocenters. The van der Waals surface area contributed by atoms with Crippen molar-refractivity contribution < 1.29 is 31.1 Å². The number of likely N-dealkylation sites (tertiary alicyclic amines) is 1. The van der Waals surface area contributed by atoms with Gasteiger partial charge in [0.25, 0.3) is 5.91 Å². The van der Waals surface area contributed by atoms with Crippen LogP contribution < -0.4 is 5.32 Å². The molecular formula is C24H25F6N3O. The molecule has 1 N–H and O–H groups in total. The lowest BCUT2D eigenvalue weighted by Crippen LogP contribution is -2.55. The number of halogens is 6. The van der Waals surface area contributed by atoms with Gasteiger partial charge < -0.3 is 10.2 Å². The van der Waals surface area contributed by atoms with E-state index < -0.39 is 35.0 Å². The highest BCUT2D eigenvalue weighted by Gasteiger charge is 2.40. The summed E-state index contributed by atoms with van der Waals surface area (Å²) >= 11 is 0. The van der Waals surface area contributed by atoms with Crippen LogP contribution in [-0.2, 0) is 12.4 Å². The van der Waals surface area contributed by atoms with Gasteiger partial charge in [-0.2, -0.15) is 26.3 Å². The Hall–Kier alpha value is -2.59. The zero-order valence-electron chi connectivity index (χ0n) is 18.3. The fraction of sp³-hybridized carbons (Fsp3) is 0.458. The van der Waals surface area contributed by atoms with Crippen LogP contribution in [-0.4, -0.2) is 61.0 Å². The number of piperidine rings is 1. The van der Waals surface area contributed by atoms with Gasteiger partial charge in [-0.05, 0) is 30.2 Å². The fourth-order valence-corrected chi connectivity index (χ4v) is 4.86. The van der Waals surface area contributed by atoms with E-state index in [2.05, 4.69) is 10.2 Å². The second-order valence-corrected chi connectivity index (χ2v) is 8.70. The molecule has 2 aromatic rings. The monoisotopic (exact) mass is 485 g/mol. The smallest absolute Gasteiger partial charge is 0.338 e. The summed E-state index contributed by atoms with van der Waals surface area (Å²) in [7, 11) is 0. The first-order valence-corrected chi connectivity index (χ1v) is 11.1. The van der Waals surface area contributed by atoms with E-state index in [0.717, 1.165) is 31.7 Å². The zero-order valence-corrected chi connectivity index (χ0v) is 18.3. The van der Waals surface area contributed by atoms with Gasteiger partial charge in [-0.3, -0.25) is 9.69 Å². The quantitative estimate of drug-likeness (QED) is 0.645. The van der Waals surface area contributed by atoms with Crippen molar-refractivity contribution >= 4 is 5.91 Å². The van der Waals surface area contributed by atoms with Crippen LogP contribution in [0.3, 0.4) is 0 Å². The number of alkyl halides is 6. The number of amides is 1. The highest BCUT2D eigenvalue weighted by molar-refractivity contribution is 5.95. The van der Waals surface area contributed by atoms with E-state index >= 15 is 0 Å². The van der Waals surface area contributed by atoms with Gasteiger partial charge in [0.05, 0.1) is 11.1 Å². The number of benzene rings is 2. The first-order valence-electron chi connectivity index (χ1n) is 11.1. The molecule has 0 aromatic heterocycles. The van der Waals surface area contributed by atoms with Crippen LogP contribution >= 0.6 is 0 Å². The Kier molecular flexibility index (Phi) is 6.91. The molecule has 1 amide bonds. The second kappa shape index (κ2) is 9.58. The number of hydrogen-bond donors (Lipinski definition) is 1. The Balaban J connectivity index is 1.64. The SMILES string of the molecule is O=C(c1cc(C(F)(F)F)cc(C(F)(F)F)c1)N1CCC(N2CCNCC2)C(c2ccccc2)C1. The molecule has 2 aromatic carbocycles. The van der Waals surface area contributed by atoms with Crippen molar-refractivity contribution in [2.45, 2.75) is 30.7 Å². The van der Waals surface area contributed by atoms with E-state index in [1.807, 2.05) is 30.3 Å². The molecule has 2 aliphatic rings. The molecule has 0 bridgehead atoms. The molecule has 34 heavy (non-hydrogen) atoms. The number of carbonyl (C=O) groups is 1. The van der Waals surface area contributed by atoms with Crippen LogP contribution in [0.15, 0.2) is 48.5 Å². The standard InChI is InChI=1S/C24H25F6N3O/c25-23(26,27)18-12-17(13-19(14-18)24(28,29)30)22(34)33-9-6-21(32-10-7-31-8-11-32)20(15-33)16-4-2-1-3-5-16/h1-5,12-14,20-21,31H,6-11,15H2. The van der Waals surface area contributed by atoms with Crippen LogP contribution in [0.4, 0.5) is 26.3 Å². The summed E-state index contributed by atoms with van der Waals surface area (Å²) in [6.07, 6.45) is -9.42. The van der Waals surface area contributed by atoms with E-state index in [4.69, 9.17) is 0 Å². The van der Waals surface area contributed by atoms with Gasteiger partial charge in [-0.1, -0.05) is 30.3 Å². The predicted molar refractivity (Wildman–Crippen MR) is 114 cm³/mol. The molecular weight excluding hydrogens is 460 g/mol. The number of nitrogens with zero attached hydrogens (tertiary/aromatic N) is 2. The van der Waals surface area contributed by atoms with Crippen molar-refractivity contribution in [1.29, 1.82) is 0 Å². The topological polar surface area (TPSA) is 35.6 Å². The van der Waals surface area contributed by atoms with E-state index in [1.165, 1.54) is 4.90 Å². The molecule has 0 aliphatic carbocycles. The predicted octanol–water partition coefficient (Wildman–Crippen LogP) is 4.63. The van der Waals surface area contributed by atoms with Crippen molar-refractivity contribution in [2.24, 2.45) is 0 Å². The van der Waals surface area contributed by atoms with Crippen molar-refractivity contribution in [1.82, 2.24) is 15.1 Å². The summed E-state index contributed by atoms with van der Waals surface area (Å²) in [6.45, 7) is 3.83. The highest BCUT2D eigenvalue weighted by Crippen LogP contribution is 2.37. The van der Waals surface area contributed by atoms with Gasteiger partial charge in [-0.15, -0.1) is 0 Å². The Morgan fingerprint density at radius 3 is 2.00 bits per heavy atom. The summed E-state index contributed by atoms with van der Waals surface area (Å²) in [5.74, 6) is -0.929. The van der Waals surface area contributed by atoms with Gasteiger partial charge in [-0.25, -0.2) is 0 Å². The Bertz CT molecular complexity index is 970. The normalized spacial score (nSPS) is 22.6. The zero-order chi connectivity index (χ0) is 24.5. The fourth-order valence-electron chi connectivity index (χ4n) is 4.86. The lowest BCUT2D eigenvalue weighted by Gasteiger charge is -2.45. The lowest BCUT2D eigenvalue weighted by atomic mass is 9.84. The Morgan fingerprint density at radius 2 is 1.44 bits per heavy atom. The summed E-state index contributed by atoms with van der Waals surface area (Å²) in [5, 5.41) is 3.30. The molecule has 2 heterocycles. The number of rotatable bonds is 3. The van der Waals surface area contributed by atoms with E-state index in [1.54, 1.807) is 0 Å². The molecule has 2 aliphatic heterocycles. The largest absolute Gasteiger partial charge is 0.416 e. The lowest BCUT2D eigenvalue weighted by molar-refractivity contribution is -0.143. The molecule has 4 nitrogen and oxygen atoms in total. The van der Waals surface area contributed by atoms with E-state index in [9.17, 15) is 31.1 Å². The molecule has 2 unspecified atom stereocenters. The molecule has 0 spiro atoms. The summed E-state index contributed by atoms with van der Waals surface area (Å²) in [4.78, 5) is 16.9. The van der Waals surface area contributed by atoms with Gasteiger partial charge in [0, 0.05) is 56.8 Å². The Labute approximate surface area is 193 Å². The maximum absolute atomic E-state index is 13.3. The maximum Gasteiger partial charge on any atom is 0.416 e. The van der Waals surface area contributed by atoms with Gasteiger partial charge >= 0.3 is 12.4 Å². The Morgan fingerprint density at radius 1 is 0.853 bits per heavy atom. The third-order valence-electron chi connectivity index (χ3n) is 6.55. The van der Waals surface area contributed by atoms with Gasteiger partial charge in [0.15, 0.2) is 0 Å². The molecule has 184 valence electrons. The van der Waals surface area contributed by atoms with Crippen molar-refractivity contribution in [2.75, 3.05) is 39.3 Å². The highest BCUT2D eigenvalue weighted by atomic mass is 19.4. The van der Waals surface area contributed by atoms with Gasteiger partial charge in [0.1, 0.15) is 0 Å². The van der Waals surface area contributed by atoms with Crippen molar-refractivity contribution in [3.8, 4) is 0 Å². The third-order valence-corrected chi connectivity index (χ3v) is 6.55. The van der Waals surface area contributed by atoms with Crippen LogP contribution in [0.5, 0.6) is 0 Å². The molecule has 2 saturated heterocycles. The number of carbonyl (C=O) groups excluding carboxylic acids is 1. The average molecular weight is 485 g/mol. The summed E-state index contributed by atoms with van der Waals surface area (Å²) in [6, 6.07) is 10.7.